The summed E-state index contributed by atoms with van der Waals surface area (Å²) in [6.07, 6.45) is 8.85. The average Bonchev–Trinajstić information content (AvgIpc) is 2.82. The predicted octanol–water partition coefficient (Wildman–Crippen LogP) is 6.94. The Bertz CT molecular complexity index is 1230. The summed E-state index contributed by atoms with van der Waals surface area (Å²) in [4.78, 5) is 26.6. The summed E-state index contributed by atoms with van der Waals surface area (Å²) in [5, 5.41) is 10.2. The van der Waals surface area contributed by atoms with Crippen LogP contribution in [0.15, 0.2) is 45.6 Å². The number of unbranched alkanes of at least 4 members (excludes halogenated alkanes) is 2. The molecule has 0 unspecified atom stereocenters. The highest BCUT2D eigenvalue weighted by molar-refractivity contribution is 5.90. The Balaban J connectivity index is 1.99. The molecule has 0 aliphatic carbocycles. The maximum atomic E-state index is 13.0. The molecule has 0 saturated carbocycles. The lowest BCUT2D eigenvalue weighted by molar-refractivity contribution is 0.0696. The van der Waals surface area contributed by atoms with Gasteiger partial charge in [-0.2, -0.15) is 0 Å². The molecule has 0 saturated heterocycles. The van der Waals surface area contributed by atoms with Crippen LogP contribution in [0.2, 0.25) is 0 Å². The van der Waals surface area contributed by atoms with Gasteiger partial charge in [0.25, 0.3) is 0 Å². The number of hydrogen-bond acceptors (Lipinski definition) is 4. The number of fused-ring (bicyclic) bond motifs is 1. The van der Waals surface area contributed by atoms with Gasteiger partial charge in [-0.1, -0.05) is 51.8 Å². The van der Waals surface area contributed by atoms with Crippen molar-refractivity contribution < 1.29 is 14.3 Å². The van der Waals surface area contributed by atoms with Gasteiger partial charge in [0.05, 0.1) is 11.1 Å². The van der Waals surface area contributed by atoms with Crippen molar-refractivity contribution in [1.29, 1.82) is 0 Å². The van der Waals surface area contributed by atoms with E-state index >= 15 is 0 Å². The molecule has 3 aromatic rings. The Morgan fingerprint density at radius 1 is 1.00 bits per heavy atom. The molecule has 180 valence electrons. The molecule has 34 heavy (non-hydrogen) atoms. The summed E-state index contributed by atoms with van der Waals surface area (Å²) < 4.78 is 5.79. The van der Waals surface area contributed by atoms with E-state index in [1.54, 1.807) is 25.1 Å². The van der Waals surface area contributed by atoms with Crippen molar-refractivity contribution in [2.75, 3.05) is 18.0 Å². The highest BCUT2D eigenvalue weighted by Gasteiger charge is 2.14. The second-order valence-corrected chi connectivity index (χ2v) is 8.72. The fourth-order valence-electron chi connectivity index (χ4n) is 4.29. The average molecular weight is 462 g/mol. The van der Waals surface area contributed by atoms with Crippen LogP contribution in [0.3, 0.4) is 0 Å². The normalized spacial score (nSPS) is 11.4. The predicted molar refractivity (Wildman–Crippen MR) is 141 cm³/mol. The third-order valence-corrected chi connectivity index (χ3v) is 6.24. The largest absolute Gasteiger partial charge is 0.478 e. The minimum atomic E-state index is -0.946. The van der Waals surface area contributed by atoms with E-state index < -0.39 is 5.97 Å². The first-order valence-electron chi connectivity index (χ1n) is 12.3. The SMILES string of the molecule is CCCCN(CCCC)c1ccc2c(CC)c(/C=C/c3ccc(C(=O)O)c(C)c3)c(=O)oc2c1. The molecule has 0 fully saturated rings. The zero-order valence-electron chi connectivity index (χ0n) is 20.7. The van der Waals surface area contributed by atoms with E-state index in [4.69, 9.17) is 4.42 Å². The van der Waals surface area contributed by atoms with E-state index in [0.29, 0.717) is 23.1 Å². The summed E-state index contributed by atoms with van der Waals surface area (Å²) >= 11 is 0. The van der Waals surface area contributed by atoms with Gasteiger partial charge in [-0.15, -0.1) is 0 Å². The highest BCUT2D eigenvalue weighted by atomic mass is 16.4. The Morgan fingerprint density at radius 3 is 2.29 bits per heavy atom. The Kier molecular flexibility index (Phi) is 8.69. The topological polar surface area (TPSA) is 70.8 Å². The first kappa shape index (κ1) is 25.3. The molecular weight excluding hydrogens is 426 g/mol. The number of aryl methyl sites for hydroxylation is 2. The zero-order chi connectivity index (χ0) is 24.7. The number of benzene rings is 2. The van der Waals surface area contributed by atoms with Gasteiger partial charge in [-0.25, -0.2) is 9.59 Å². The Morgan fingerprint density at radius 2 is 1.71 bits per heavy atom. The van der Waals surface area contributed by atoms with Crippen LogP contribution in [0, 0.1) is 6.92 Å². The van der Waals surface area contributed by atoms with Crippen LogP contribution in [0.25, 0.3) is 23.1 Å². The van der Waals surface area contributed by atoms with Gasteiger partial charge in [0, 0.05) is 30.2 Å². The maximum absolute atomic E-state index is 13.0. The van der Waals surface area contributed by atoms with Crippen LogP contribution >= 0.6 is 0 Å². The molecule has 1 N–H and O–H groups in total. The number of carboxylic acids is 1. The van der Waals surface area contributed by atoms with Crippen molar-refractivity contribution in [2.24, 2.45) is 0 Å². The number of anilines is 1. The van der Waals surface area contributed by atoms with Crippen molar-refractivity contribution in [3.05, 3.63) is 74.6 Å². The standard InChI is InChI=1S/C29H35NO4/c1-5-8-16-30(17-9-6-2)22-12-15-25-23(7-3)26(29(33)34-27(25)19-22)14-11-21-10-13-24(28(31)32)20(4)18-21/h10-15,18-19H,5-9,16-17H2,1-4H3,(H,31,32)/b14-11+. The summed E-state index contributed by atoms with van der Waals surface area (Å²) in [5.41, 5.74) is 4.65. The number of nitrogens with zero attached hydrogens (tertiary/aromatic N) is 1. The van der Waals surface area contributed by atoms with E-state index in [9.17, 15) is 14.7 Å². The monoisotopic (exact) mass is 461 g/mol. The van der Waals surface area contributed by atoms with E-state index in [1.165, 1.54) is 0 Å². The Labute approximate surface area is 201 Å². The van der Waals surface area contributed by atoms with Crippen LogP contribution < -0.4 is 10.5 Å². The molecule has 2 aromatic carbocycles. The smallest absolute Gasteiger partial charge is 0.343 e. The van der Waals surface area contributed by atoms with Gasteiger partial charge in [0.2, 0.25) is 0 Å². The summed E-state index contributed by atoms with van der Waals surface area (Å²) in [6, 6.07) is 11.3. The van der Waals surface area contributed by atoms with Crippen molar-refractivity contribution >= 4 is 34.8 Å². The molecule has 1 heterocycles. The van der Waals surface area contributed by atoms with E-state index in [1.807, 2.05) is 25.1 Å². The quantitative estimate of drug-likeness (QED) is 0.313. The molecule has 0 spiro atoms. The second-order valence-electron chi connectivity index (χ2n) is 8.72. The molecule has 1 aromatic heterocycles. The molecule has 3 rings (SSSR count). The summed E-state index contributed by atoms with van der Waals surface area (Å²) in [5.74, 6) is -0.946. The molecule has 0 aliphatic rings. The highest BCUT2D eigenvalue weighted by Crippen LogP contribution is 2.27. The third-order valence-electron chi connectivity index (χ3n) is 6.24. The first-order chi connectivity index (χ1) is 16.4. The minimum Gasteiger partial charge on any atom is -0.478 e. The van der Waals surface area contributed by atoms with Crippen LogP contribution in [0.5, 0.6) is 0 Å². The summed E-state index contributed by atoms with van der Waals surface area (Å²) in [7, 11) is 0. The lowest BCUT2D eigenvalue weighted by Gasteiger charge is -2.25. The van der Waals surface area contributed by atoms with Crippen molar-refractivity contribution in [1.82, 2.24) is 0 Å². The van der Waals surface area contributed by atoms with Gasteiger partial charge < -0.3 is 14.4 Å². The van der Waals surface area contributed by atoms with Crippen LogP contribution in [-0.2, 0) is 6.42 Å². The van der Waals surface area contributed by atoms with Crippen LogP contribution in [-0.4, -0.2) is 24.2 Å². The molecule has 0 radical (unpaired) electrons. The summed E-state index contributed by atoms with van der Waals surface area (Å²) in [6.45, 7) is 10.2. The zero-order valence-corrected chi connectivity index (χ0v) is 20.7. The van der Waals surface area contributed by atoms with Crippen molar-refractivity contribution in [3.63, 3.8) is 0 Å². The molecular formula is C29H35NO4. The van der Waals surface area contributed by atoms with Crippen molar-refractivity contribution in [3.8, 4) is 0 Å². The fraction of sp³-hybridized carbons (Fsp3) is 0.379. The van der Waals surface area contributed by atoms with E-state index in [2.05, 4.69) is 30.9 Å². The van der Waals surface area contributed by atoms with Crippen LogP contribution in [0.1, 0.15) is 79.1 Å². The maximum Gasteiger partial charge on any atom is 0.343 e. The van der Waals surface area contributed by atoms with Crippen molar-refractivity contribution in [2.45, 2.75) is 59.8 Å². The van der Waals surface area contributed by atoms with E-state index in [0.717, 1.165) is 61.0 Å². The molecule has 0 atom stereocenters. The molecule has 0 bridgehead atoms. The molecule has 0 aliphatic heterocycles. The van der Waals surface area contributed by atoms with Gasteiger partial charge in [0.15, 0.2) is 0 Å². The number of carbonyl (C=O) groups is 1. The number of hydrogen-bond donors (Lipinski definition) is 1. The van der Waals surface area contributed by atoms with Gasteiger partial charge in [0.1, 0.15) is 5.58 Å². The number of rotatable bonds is 11. The molecule has 0 amide bonds. The number of aromatic carboxylic acids is 1. The minimum absolute atomic E-state index is 0.277. The van der Waals surface area contributed by atoms with Gasteiger partial charge in [-0.05, 0) is 67.2 Å². The molecule has 5 heteroatoms. The lowest BCUT2D eigenvalue weighted by atomic mass is 10.00. The van der Waals surface area contributed by atoms with Gasteiger partial charge in [-0.3, -0.25) is 0 Å². The second kappa shape index (κ2) is 11.7. The number of carboxylic acid groups (broad SMARTS) is 1. The van der Waals surface area contributed by atoms with Gasteiger partial charge >= 0.3 is 11.6 Å². The van der Waals surface area contributed by atoms with E-state index in [-0.39, 0.29) is 11.2 Å². The molecule has 5 nitrogen and oxygen atoms in total. The first-order valence-corrected chi connectivity index (χ1v) is 12.3. The lowest BCUT2D eigenvalue weighted by Crippen LogP contribution is -2.25. The fourth-order valence-corrected chi connectivity index (χ4v) is 4.29. The Hall–Kier alpha value is -3.34. The van der Waals surface area contributed by atoms with Crippen LogP contribution in [0.4, 0.5) is 5.69 Å². The third kappa shape index (κ3) is 5.77.